The highest BCUT2D eigenvalue weighted by molar-refractivity contribution is 5.64. The van der Waals surface area contributed by atoms with Gasteiger partial charge in [0.2, 0.25) is 0 Å². The van der Waals surface area contributed by atoms with Gasteiger partial charge < -0.3 is 11.5 Å². The molecule has 0 amide bonds. The molecule has 0 heterocycles. The molecule has 0 atom stereocenters. The minimum absolute atomic E-state index is 0.348. The second kappa shape index (κ2) is 2.34. The van der Waals surface area contributed by atoms with Crippen LogP contribution < -0.4 is 11.5 Å². The van der Waals surface area contributed by atoms with Gasteiger partial charge in [0.15, 0.2) is 17.5 Å². The summed E-state index contributed by atoms with van der Waals surface area (Å²) in [5.74, 6) is -3.71. The zero-order valence-electron chi connectivity index (χ0n) is 5.37. The number of hydrogen-bond donors (Lipinski definition) is 2. The number of rotatable bonds is 0. The van der Waals surface area contributed by atoms with Crippen LogP contribution in [0.3, 0.4) is 0 Å². The quantitative estimate of drug-likeness (QED) is 0.445. The summed E-state index contributed by atoms with van der Waals surface area (Å²) in [7, 11) is 0. The van der Waals surface area contributed by atoms with Gasteiger partial charge in [-0.05, 0) is 0 Å². The van der Waals surface area contributed by atoms with Gasteiger partial charge in [0.05, 0.1) is 11.4 Å². The summed E-state index contributed by atoms with van der Waals surface area (Å²) in [6.07, 6.45) is 0. The summed E-state index contributed by atoms with van der Waals surface area (Å²) in [4.78, 5) is 0. The number of nitrogen functional groups attached to an aromatic ring is 2. The monoisotopic (exact) mass is 162 g/mol. The standard InChI is InChI=1S/C6H5F3N2/c7-2-1-3(8)5(10)6(11)4(2)9/h1H,10-11H2. The van der Waals surface area contributed by atoms with Crippen molar-refractivity contribution in [1.29, 1.82) is 0 Å². The van der Waals surface area contributed by atoms with Crippen LogP contribution in [0, 0.1) is 17.5 Å². The van der Waals surface area contributed by atoms with Crippen LogP contribution in [0.1, 0.15) is 0 Å². The van der Waals surface area contributed by atoms with Crippen molar-refractivity contribution in [3.8, 4) is 0 Å². The maximum Gasteiger partial charge on any atom is 0.183 e. The predicted octanol–water partition coefficient (Wildman–Crippen LogP) is 1.27. The molecule has 0 aliphatic rings. The number of halogens is 3. The average molecular weight is 162 g/mol. The van der Waals surface area contributed by atoms with E-state index in [1.54, 1.807) is 0 Å². The fourth-order valence-electron chi connectivity index (χ4n) is 0.628. The Kier molecular flexibility index (Phi) is 1.64. The topological polar surface area (TPSA) is 52.0 Å². The van der Waals surface area contributed by atoms with Gasteiger partial charge >= 0.3 is 0 Å². The first-order valence-electron chi connectivity index (χ1n) is 2.72. The van der Waals surface area contributed by atoms with E-state index in [0.29, 0.717) is 6.07 Å². The molecule has 0 aliphatic carbocycles. The first kappa shape index (κ1) is 7.71. The van der Waals surface area contributed by atoms with Crippen molar-refractivity contribution >= 4 is 11.4 Å². The Morgan fingerprint density at radius 2 is 1.45 bits per heavy atom. The van der Waals surface area contributed by atoms with Crippen molar-refractivity contribution in [1.82, 2.24) is 0 Å². The van der Waals surface area contributed by atoms with Crippen LogP contribution in [-0.4, -0.2) is 0 Å². The molecule has 5 heteroatoms. The molecule has 2 nitrogen and oxygen atoms in total. The van der Waals surface area contributed by atoms with Crippen molar-refractivity contribution in [3.63, 3.8) is 0 Å². The molecule has 0 spiro atoms. The molecule has 0 saturated heterocycles. The van der Waals surface area contributed by atoms with Crippen LogP contribution in [0.15, 0.2) is 6.07 Å². The SMILES string of the molecule is Nc1c(F)cc(F)c(F)c1N. The van der Waals surface area contributed by atoms with Gasteiger partial charge in [0.1, 0.15) is 0 Å². The second-order valence-electron chi connectivity index (χ2n) is 1.98. The summed E-state index contributed by atoms with van der Waals surface area (Å²) in [5, 5.41) is 0. The maximum atomic E-state index is 12.4. The first-order valence-corrected chi connectivity index (χ1v) is 2.72. The molecule has 1 aromatic carbocycles. The first-order chi connectivity index (χ1) is 5.04. The van der Waals surface area contributed by atoms with Gasteiger partial charge in [-0.2, -0.15) is 0 Å². The molecule has 11 heavy (non-hydrogen) atoms. The third kappa shape index (κ3) is 1.09. The molecule has 1 aromatic rings. The van der Waals surface area contributed by atoms with E-state index in [-0.39, 0.29) is 0 Å². The van der Waals surface area contributed by atoms with Crippen molar-refractivity contribution < 1.29 is 13.2 Å². The fourth-order valence-corrected chi connectivity index (χ4v) is 0.628. The summed E-state index contributed by atoms with van der Waals surface area (Å²) in [6.45, 7) is 0. The van der Waals surface area contributed by atoms with Crippen LogP contribution in [0.2, 0.25) is 0 Å². The van der Waals surface area contributed by atoms with Crippen LogP contribution >= 0.6 is 0 Å². The molecule has 0 bridgehead atoms. The van der Waals surface area contributed by atoms with E-state index in [1.807, 2.05) is 0 Å². The second-order valence-corrected chi connectivity index (χ2v) is 1.98. The normalized spacial score (nSPS) is 10.1. The van der Waals surface area contributed by atoms with Crippen molar-refractivity contribution in [2.45, 2.75) is 0 Å². The van der Waals surface area contributed by atoms with E-state index in [2.05, 4.69) is 0 Å². The Labute approximate surface area is 60.6 Å². The lowest BCUT2D eigenvalue weighted by molar-refractivity contribution is 0.500. The number of anilines is 2. The van der Waals surface area contributed by atoms with E-state index in [9.17, 15) is 13.2 Å². The molecular formula is C6H5F3N2. The van der Waals surface area contributed by atoms with E-state index >= 15 is 0 Å². The van der Waals surface area contributed by atoms with Crippen LogP contribution in [0.5, 0.6) is 0 Å². The molecule has 1 rings (SSSR count). The summed E-state index contributed by atoms with van der Waals surface area (Å²) < 4.78 is 37.1. The number of benzene rings is 1. The summed E-state index contributed by atoms with van der Waals surface area (Å²) in [6, 6.07) is 0.348. The lowest BCUT2D eigenvalue weighted by Gasteiger charge is -2.02. The Morgan fingerprint density at radius 1 is 0.909 bits per heavy atom. The van der Waals surface area contributed by atoms with Crippen molar-refractivity contribution in [2.75, 3.05) is 11.5 Å². The molecule has 0 aliphatic heterocycles. The van der Waals surface area contributed by atoms with Gasteiger partial charge in [0.25, 0.3) is 0 Å². The van der Waals surface area contributed by atoms with Crippen molar-refractivity contribution in [2.24, 2.45) is 0 Å². The number of nitrogens with two attached hydrogens (primary N) is 2. The zero-order chi connectivity index (χ0) is 8.59. The molecule has 0 radical (unpaired) electrons. The smallest absolute Gasteiger partial charge is 0.183 e. The van der Waals surface area contributed by atoms with Gasteiger partial charge in [-0.3, -0.25) is 0 Å². The maximum absolute atomic E-state index is 12.4. The Balaban J connectivity index is 3.46. The lowest BCUT2D eigenvalue weighted by atomic mass is 10.2. The van der Waals surface area contributed by atoms with Crippen LogP contribution in [-0.2, 0) is 0 Å². The fraction of sp³-hybridized carbons (Fsp3) is 0. The largest absolute Gasteiger partial charge is 0.395 e. The van der Waals surface area contributed by atoms with E-state index in [0.717, 1.165) is 0 Å². The highest BCUT2D eigenvalue weighted by atomic mass is 19.2. The Morgan fingerprint density at radius 3 is 2.00 bits per heavy atom. The molecule has 4 N–H and O–H groups in total. The van der Waals surface area contributed by atoms with Gasteiger partial charge in [0, 0.05) is 6.07 Å². The third-order valence-corrected chi connectivity index (χ3v) is 1.25. The summed E-state index contributed by atoms with van der Waals surface area (Å²) >= 11 is 0. The number of hydrogen-bond acceptors (Lipinski definition) is 2. The molecule has 0 aromatic heterocycles. The Bertz CT molecular complexity index is 272. The highest BCUT2D eigenvalue weighted by Gasteiger charge is 2.13. The van der Waals surface area contributed by atoms with Crippen LogP contribution in [0.25, 0.3) is 0 Å². The van der Waals surface area contributed by atoms with Crippen LogP contribution in [0.4, 0.5) is 24.5 Å². The van der Waals surface area contributed by atoms with E-state index in [4.69, 9.17) is 11.5 Å². The Hall–Kier alpha value is -1.39. The van der Waals surface area contributed by atoms with E-state index in [1.165, 1.54) is 0 Å². The molecular weight excluding hydrogens is 157 g/mol. The molecule has 60 valence electrons. The summed E-state index contributed by atoms with van der Waals surface area (Å²) in [5.41, 5.74) is 8.59. The van der Waals surface area contributed by atoms with E-state index < -0.39 is 28.8 Å². The van der Waals surface area contributed by atoms with Gasteiger partial charge in [-0.15, -0.1) is 0 Å². The predicted molar refractivity (Wildman–Crippen MR) is 35.1 cm³/mol. The van der Waals surface area contributed by atoms with Crippen molar-refractivity contribution in [3.05, 3.63) is 23.5 Å². The minimum atomic E-state index is -1.34. The molecule has 0 unspecified atom stereocenters. The average Bonchev–Trinajstić information content (AvgIpc) is 1.97. The zero-order valence-corrected chi connectivity index (χ0v) is 5.37. The lowest BCUT2D eigenvalue weighted by Crippen LogP contribution is -2.03. The molecule has 0 saturated carbocycles. The van der Waals surface area contributed by atoms with Gasteiger partial charge in [-0.25, -0.2) is 13.2 Å². The highest BCUT2D eigenvalue weighted by Crippen LogP contribution is 2.24. The van der Waals surface area contributed by atoms with Gasteiger partial charge in [-0.1, -0.05) is 0 Å². The minimum Gasteiger partial charge on any atom is -0.395 e. The molecule has 0 fully saturated rings. The third-order valence-electron chi connectivity index (χ3n) is 1.25.